The van der Waals surface area contributed by atoms with Crippen LogP contribution in [0.4, 0.5) is 0 Å². The molecule has 0 aliphatic carbocycles. The van der Waals surface area contributed by atoms with E-state index in [1.54, 1.807) is 18.2 Å². The van der Waals surface area contributed by atoms with Crippen LogP contribution in [0, 0.1) is 0 Å². The van der Waals surface area contributed by atoms with Crippen LogP contribution in [-0.2, 0) is 0 Å². The van der Waals surface area contributed by atoms with Gasteiger partial charge in [-0.1, -0.05) is 25.4 Å². The molecule has 0 radical (unpaired) electrons. The summed E-state index contributed by atoms with van der Waals surface area (Å²) >= 11 is 9.27. The van der Waals surface area contributed by atoms with E-state index < -0.39 is 0 Å². The summed E-state index contributed by atoms with van der Waals surface area (Å²) in [7, 11) is 0. The van der Waals surface area contributed by atoms with Crippen LogP contribution in [0.1, 0.15) is 44.0 Å². The molecular weight excluding hydrogens is 352 g/mol. The van der Waals surface area contributed by atoms with Gasteiger partial charge in [0.05, 0.1) is 5.02 Å². The minimum absolute atomic E-state index is 0.0531. The highest BCUT2D eigenvalue weighted by Gasteiger charge is 2.11. The largest absolute Gasteiger partial charge is 0.350 e. The van der Waals surface area contributed by atoms with Crippen molar-refractivity contribution in [3.63, 3.8) is 0 Å². The van der Waals surface area contributed by atoms with E-state index in [9.17, 15) is 4.79 Å². The first-order valence-electron chi connectivity index (χ1n) is 7.46. The van der Waals surface area contributed by atoms with Crippen LogP contribution >= 0.6 is 27.5 Å². The van der Waals surface area contributed by atoms with Crippen molar-refractivity contribution in [2.75, 3.05) is 19.6 Å². The Morgan fingerprint density at radius 3 is 2.62 bits per heavy atom. The molecular formula is C16H24BrClN2O. The van der Waals surface area contributed by atoms with Gasteiger partial charge in [-0.3, -0.25) is 4.79 Å². The molecule has 21 heavy (non-hydrogen) atoms. The summed E-state index contributed by atoms with van der Waals surface area (Å²) in [4.78, 5) is 14.5. The first-order chi connectivity index (χ1) is 9.97. The van der Waals surface area contributed by atoms with Crippen LogP contribution in [-0.4, -0.2) is 36.5 Å². The molecule has 1 unspecified atom stereocenters. The zero-order chi connectivity index (χ0) is 15.8. The van der Waals surface area contributed by atoms with Crippen molar-refractivity contribution in [3.8, 4) is 0 Å². The normalized spacial score (nSPS) is 12.5. The van der Waals surface area contributed by atoms with Gasteiger partial charge in [-0.25, -0.2) is 0 Å². The van der Waals surface area contributed by atoms with Crippen molar-refractivity contribution in [1.82, 2.24) is 10.2 Å². The van der Waals surface area contributed by atoms with Crippen molar-refractivity contribution in [2.45, 2.75) is 39.7 Å². The standard InChI is InChI=1S/C16H24BrClN2O/c1-4-20(5-2)10-6-7-12(3)19-16(21)13-8-9-15(18)14(17)11-13/h8-9,11-12H,4-7,10H2,1-3H3,(H,19,21). The lowest BCUT2D eigenvalue weighted by atomic mass is 10.1. The Bertz CT molecular complexity index is 464. The van der Waals surface area contributed by atoms with Crippen LogP contribution in [0.15, 0.2) is 22.7 Å². The van der Waals surface area contributed by atoms with Gasteiger partial charge in [0.2, 0.25) is 0 Å². The van der Waals surface area contributed by atoms with Crippen LogP contribution in [0.25, 0.3) is 0 Å². The maximum atomic E-state index is 12.1. The predicted octanol–water partition coefficient (Wildman–Crippen LogP) is 4.34. The SMILES string of the molecule is CCN(CC)CCCC(C)NC(=O)c1ccc(Cl)c(Br)c1. The number of rotatable bonds is 8. The highest BCUT2D eigenvalue weighted by Crippen LogP contribution is 2.23. The second-order valence-corrected chi connectivity index (χ2v) is 6.43. The molecule has 1 aromatic rings. The maximum Gasteiger partial charge on any atom is 0.251 e. The van der Waals surface area contributed by atoms with Crippen LogP contribution in [0.5, 0.6) is 0 Å². The van der Waals surface area contributed by atoms with Gasteiger partial charge in [-0.05, 0) is 73.5 Å². The Kier molecular flexibility index (Phi) is 8.30. The van der Waals surface area contributed by atoms with Gasteiger partial charge >= 0.3 is 0 Å². The molecule has 1 amide bonds. The molecule has 0 bridgehead atoms. The first-order valence-corrected chi connectivity index (χ1v) is 8.63. The molecule has 0 saturated heterocycles. The smallest absolute Gasteiger partial charge is 0.251 e. The fourth-order valence-corrected chi connectivity index (χ4v) is 2.67. The highest BCUT2D eigenvalue weighted by atomic mass is 79.9. The zero-order valence-electron chi connectivity index (χ0n) is 13.0. The molecule has 1 N–H and O–H groups in total. The topological polar surface area (TPSA) is 32.3 Å². The van der Waals surface area contributed by atoms with E-state index >= 15 is 0 Å². The van der Waals surface area contributed by atoms with E-state index in [0.717, 1.165) is 36.9 Å². The minimum Gasteiger partial charge on any atom is -0.350 e. The summed E-state index contributed by atoms with van der Waals surface area (Å²) in [6.45, 7) is 9.64. The lowest BCUT2D eigenvalue weighted by Gasteiger charge is -2.19. The molecule has 0 aromatic heterocycles. The summed E-state index contributed by atoms with van der Waals surface area (Å²) in [5.41, 5.74) is 0.627. The number of nitrogens with zero attached hydrogens (tertiary/aromatic N) is 1. The number of amides is 1. The highest BCUT2D eigenvalue weighted by molar-refractivity contribution is 9.10. The van der Waals surface area contributed by atoms with Crippen LogP contribution < -0.4 is 5.32 Å². The number of carbonyl (C=O) groups is 1. The van der Waals surface area contributed by atoms with Crippen molar-refractivity contribution < 1.29 is 4.79 Å². The van der Waals surface area contributed by atoms with Crippen LogP contribution in [0.2, 0.25) is 5.02 Å². The molecule has 3 nitrogen and oxygen atoms in total. The Morgan fingerprint density at radius 2 is 2.05 bits per heavy atom. The second kappa shape index (κ2) is 9.44. The third-order valence-corrected chi connectivity index (χ3v) is 4.78. The quantitative estimate of drug-likeness (QED) is 0.733. The average molecular weight is 376 g/mol. The van der Waals surface area contributed by atoms with Crippen LogP contribution in [0.3, 0.4) is 0 Å². The summed E-state index contributed by atoms with van der Waals surface area (Å²) in [5, 5.41) is 3.64. The average Bonchev–Trinajstić information content (AvgIpc) is 2.46. The van der Waals surface area contributed by atoms with Crippen molar-refractivity contribution in [1.29, 1.82) is 0 Å². The van der Waals surface area contributed by atoms with Gasteiger partial charge in [0.1, 0.15) is 0 Å². The van der Waals surface area contributed by atoms with Gasteiger partial charge in [-0.15, -0.1) is 0 Å². The Labute approximate surface area is 141 Å². The summed E-state index contributed by atoms with van der Waals surface area (Å²) in [6, 6.07) is 5.39. The molecule has 0 saturated carbocycles. The monoisotopic (exact) mass is 374 g/mol. The number of nitrogens with one attached hydrogen (secondary N) is 1. The lowest BCUT2D eigenvalue weighted by molar-refractivity contribution is 0.0937. The minimum atomic E-state index is -0.0531. The molecule has 0 fully saturated rings. The number of hydrogen-bond acceptors (Lipinski definition) is 2. The fraction of sp³-hybridized carbons (Fsp3) is 0.562. The van der Waals surface area contributed by atoms with E-state index in [-0.39, 0.29) is 11.9 Å². The van der Waals surface area contributed by atoms with Crippen molar-refractivity contribution >= 4 is 33.4 Å². The number of carbonyl (C=O) groups excluding carboxylic acids is 1. The number of benzene rings is 1. The van der Waals surface area contributed by atoms with Gasteiger partial charge in [0.15, 0.2) is 0 Å². The Morgan fingerprint density at radius 1 is 1.38 bits per heavy atom. The molecule has 118 valence electrons. The van der Waals surface area contributed by atoms with E-state index in [2.05, 4.69) is 40.0 Å². The van der Waals surface area contributed by atoms with Gasteiger partial charge in [0.25, 0.3) is 5.91 Å². The lowest BCUT2D eigenvalue weighted by Crippen LogP contribution is -2.33. The van der Waals surface area contributed by atoms with E-state index in [1.807, 2.05) is 6.92 Å². The number of hydrogen-bond donors (Lipinski definition) is 1. The molecule has 1 atom stereocenters. The van der Waals surface area contributed by atoms with Crippen molar-refractivity contribution in [3.05, 3.63) is 33.3 Å². The first kappa shape index (κ1) is 18.5. The van der Waals surface area contributed by atoms with E-state index in [1.165, 1.54) is 0 Å². The number of halogens is 2. The second-order valence-electron chi connectivity index (χ2n) is 5.17. The molecule has 0 spiro atoms. The van der Waals surface area contributed by atoms with E-state index in [0.29, 0.717) is 10.6 Å². The summed E-state index contributed by atoms with van der Waals surface area (Å²) in [5.74, 6) is -0.0531. The predicted molar refractivity (Wildman–Crippen MR) is 93.1 cm³/mol. The third kappa shape index (κ3) is 6.37. The molecule has 0 heterocycles. The zero-order valence-corrected chi connectivity index (χ0v) is 15.3. The maximum absolute atomic E-state index is 12.1. The van der Waals surface area contributed by atoms with Gasteiger partial charge in [0, 0.05) is 16.1 Å². The fourth-order valence-electron chi connectivity index (χ4n) is 2.18. The molecule has 1 rings (SSSR count). The summed E-state index contributed by atoms with van der Waals surface area (Å²) < 4.78 is 0.742. The molecule has 5 heteroatoms. The van der Waals surface area contributed by atoms with E-state index in [4.69, 9.17) is 11.6 Å². The Hall–Kier alpha value is -0.580. The van der Waals surface area contributed by atoms with Gasteiger partial charge in [-0.2, -0.15) is 0 Å². The molecule has 0 aliphatic rings. The third-order valence-electron chi connectivity index (χ3n) is 3.57. The van der Waals surface area contributed by atoms with Gasteiger partial charge < -0.3 is 10.2 Å². The Balaban J connectivity index is 2.41. The molecule has 1 aromatic carbocycles. The molecule has 0 aliphatic heterocycles. The van der Waals surface area contributed by atoms with Crippen molar-refractivity contribution in [2.24, 2.45) is 0 Å². The summed E-state index contributed by atoms with van der Waals surface area (Å²) in [6.07, 6.45) is 2.07.